The Bertz CT molecular complexity index is 814. The van der Waals surface area contributed by atoms with E-state index < -0.39 is 5.82 Å². The zero-order valence-electron chi connectivity index (χ0n) is 15.0. The Morgan fingerprint density at radius 3 is 3.04 bits per heavy atom. The van der Waals surface area contributed by atoms with Crippen LogP contribution in [0.5, 0.6) is 5.75 Å². The lowest BCUT2D eigenvalue weighted by Crippen LogP contribution is -2.32. The molecule has 1 aromatic carbocycles. The summed E-state index contributed by atoms with van der Waals surface area (Å²) in [5.41, 5.74) is 0.777. The van der Waals surface area contributed by atoms with E-state index in [9.17, 15) is 4.39 Å². The van der Waals surface area contributed by atoms with Crippen LogP contribution in [0.25, 0.3) is 0 Å². The van der Waals surface area contributed by atoms with E-state index in [4.69, 9.17) is 9.47 Å². The first-order chi connectivity index (χ1) is 13.3. The predicted molar refractivity (Wildman–Crippen MR) is 102 cm³/mol. The summed E-state index contributed by atoms with van der Waals surface area (Å²) in [5, 5.41) is 6.34. The second kappa shape index (κ2) is 8.35. The van der Waals surface area contributed by atoms with Gasteiger partial charge in [0.25, 0.3) is 0 Å². The maximum atomic E-state index is 14.2. The van der Waals surface area contributed by atoms with Crippen molar-refractivity contribution in [2.24, 2.45) is 0 Å². The molecule has 2 N–H and O–H groups in total. The molecule has 1 saturated carbocycles. The molecular weight excluding hydrogens is 347 g/mol. The minimum absolute atomic E-state index is 0.132. The zero-order valence-corrected chi connectivity index (χ0v) is 15.0. The van der Waals surface area contributed by atoms with Crippen LogP contribution in [0.4, 0.5) is 21.8 Å². The second-order valence-corrected chi connectivity index (χ2v) is 6.79. The number of benzene rings is 1. The van der Waals surface area contributed by atoms with Crippen molar-refractivity contribution in [3.63, 3.8) is 0 Å². The highest BCUT2D eigenvalue weighted by Crippen LogP contribution is 2.26. The monoisotopic (exact) mass is 370 g/mol. The molecule has 4 rings (SSSR count). The van der Waals surface area contributed by atoms with Crippen LogP contribution >= 0.6 is 0 Å². The lowest BCUT2D eigenvalue weighted by Gasteiger charge is -2.30. The summed E-state index contributed by atoms with van der Waals surface area (Å²) in [6.07, 6.45) is 9.15. The molecule has 2 aliphatic rings. The molecule has 0 radical (unpaired) electrons. The van der Waals surface area contributed by atoms with Gasteiger partial charge in [0.15, 0.2) is 11.6 Å². The Labute approximate surface area is 157 Å². The number of hydrogen-bond donors (Lipinski definition) is 2. The van der Waals surface area contributed by atoms with Crippen LogP contribution in [0.3, 0.4) is 0 Å². The van der Waals surface area contributed by atoms with Gasteiger partial charge in [0.2, 0.25) is 5.95 Å². The SMILES string of the molecule is Fc1cnc2nc1NC1CCCC(C1)OCC=CCOc1cccc(c1)N2. The Kier molecular flexibility index (Phi) is 5.48. The minimum atomic E-state index is -0.457. The molecule has 2 heterocycles. The summed E-state index contributed by atoms with van der Waals surface area (Å²) in [7, 11) is 0. The summed E-state index contributed by atoms with van der Waals surface area (Å²) in [6, 6.07) is 7.63. The molecular formula is C20H23FN4O2. The summed E-state index contributed by atoms with van der Waals surface area (Å²) >= 11 is 0. The van der Waals surface area contributed by atoms with Crippen molar-refractivity contribution in [1.29, 1.82) is 0 Å². The molecule has 2 unspecified atom stereocenters. The maximum Gasteiger partial charge on any atom is 0.229 e. The standard InChI is InChI=1S/C20H23FN4O2/c21-18-13-22-20-24-15-6-4-8-17(12-15)27-10-2-1-9-26-16-7-3-5-14(11-16)23-19(18)25-20/h1-2,4,6,8,12-14,16H,3,5,7,9-11H2,(H2,22,23,24,25). The molecule has 0 spiro atoms. The molecule has 2 atom stereocenters. The van der Waals surface area contributed by atoms with Crippen LogP contribution in [-0.2, 0) is 4.74 Å². The van der Waals surface area contributed by atoms with Gasteiger partial charge < -0.3 is 20.1 Å². The molecule has 7 heteroatoms. The first kappa shape index (κ1) is 17.7. The lowest BCUT2D eigenvalue weighted by molar-refractivity contribution is 0.0429. The molecule has 0 amide bonds. The van der Waals surface area contributed by atoms with E-state index in [1.54, 1.807) is 0 Å². The Morgan fingerprint density at radius 2 is 2.07 bits per heavy atom. The predicted octanol–water partition coefficient (Wildman–Crippen LogP) is 4.05. The molecule has 6 bridgehead atoms. The topological polar surface area (TPSA) is 68.3 Å². The molecule has 1 aliphatic heterocycles. The summed E-state index contributed by atoms with van der Waals surface area (Å²) in [6.45, 7) is 1.02. The number of aromatic nitrogens is 2. The highest BCUT2D eigenvalue weighted by Gasteiger charge is 2.23. The Hall–Kier alpha value is -2.67. The van der Waals surface area contributed by atoms with Gasteiger partial charge in [-0.1, -0.05) is 12.1 Å². The second-order valence-electron chi connectivity index (χ2n) is 6.79. The van der Waals surface area contributed by atoms with Crippen LogP contribution in [0, 0.1) is 5.82 Å². The van der Waals surface area contributed by atoms with Crippen molar-refractivity contribution in [2.75, 3.05) is 23.8 Å². The van der Waals surface area contributed by atoms with Gasteiger partial charge in [-0.05, 0) is 43.9 Å². The van der Waals surface area contributed by atoms with Crippen LogP contribution in [0.15, 0.2) is 42.6 Å². The number of nitrogens with one attached hydrogen (secondary N) is 2. The summed E-state index contributed by atoms with van der Waals surface area (Å²) in [5.74, 6) is 0.825. The van der Waals surface area contributed by atoms with Crippen molar-refractivity contribution < 1.29 is 13.9 Å². The van der Waals surface area contributed by atoms with E-state index in [-0.39, 0.29) is 18.0 Å². The molecule has 2 aromatic rings. The lowest BCUT2D eigenvalue weighted by atomic mass is 9.93. The van der Waals surface area contributed by atoms with Gasteiger partial charge in [0.1, 0.15) is 12.4 Å². The molecule has 1 fully saturated rings. The van der Waals surface area contributed by atoms with Gasteiger partial charge in [-0.25, -0.2) is 9.37 Å². The third-order valence-electron chi connectivity index (χ3n) is 4.74. The minimum Gasteiger partial charge on any atom is -0.489 e. The van der Waals surface area contributed by atoms with Crippen molar-refractivity contribution in [2.45, 2.75) is 37.8 Å². The number of ether oxygens (including phenoxy) is 2. The van der Waals surface area contributed by atoms with Crippen molar-refractivity contribution in [1.82, 2.24) is 9.97 Å². The highest BCUT2D eigenvalue weighted by atomic mass is 19.1. The van der Waals surface area contributed by atoms with Gasteiger partial charge in [0.05, 0.1) is 18.9 Å². The molecule has 6 nitrogen and oxygen atoms in total. The first-order valence-corrected chi connectivity index (χ1v) is 9.32. The average molecular weight is 370 g/mol. The van der Waals surface area contributed by atoms with Crippen LogP contribution in [-0.4, -0.2) is 35.3 Å². The molecule has 27 heavy (non-hydrogen) atoms. The van der Waals surface area contributed by atoms with Crippen LogP contribution < -0.4 is 15.4 Å². The number of nitrogens with zero attached hydrogens (tertiary/aromatic N) is 2. The van der Waals surface area contributed by atoms with E-state index in [0.717, 1.165) is 37.1 Å². The van der Waals surface area contributed by atoms with E-state index in [1.165, 1.54) is 6.20 Å². The largest absolute Gasteiger partial charge is 0.489 e. The van der Waals surface area contributed by atoms with E-state index in [2.05, 4.69) is 20.6 Å². The van der Waals surface area contributed by atoms with Crippen molar-refractivity contribution in [3.05, 3.63) is 48.4 Å². The zero-order chi connectivity index (χ0) is 18.5. The van der Waals surface area contributed by atoms with Gasteiger partial charge in [-0.3, -0.25) is 0 Å². The smallest absolute Gasteiger partial charge is 0.229 e. The fourth-order valence-corrected chi connectivity index (χ4v) is 3.41. The average Bonchev–Trinajstić information content (AvgIpc) is 2.67. The molecule has 1 aromatic heterocycles. The van der Waals surface area contributed by atoms with Crippen LogP contribution in [0.2, 0.25) is 0 Å². The van der Waals surface area contributed by atoms with Gasteiger partial charge >= 0.3 is 0 Å². The van der Waals surface area contributed by atoms with Crippen molar-refractivity contribution >= 4 is 17.5 Å². The van der Waals surface area contributed by atoms with E-state index in [1.807, 2.05) is 36.4 Å². The quantitative estimate of drug-likeness (QED) is 0.682. The molecule has 1 aliphatic carbocycles. The number of hydrogen-bond acceptors (Lipinski definition) is 6. The summed E-state index contributed by atoms with van der Waals surface area (Å²) < 4.78 is 25.9. The fraction of sp³-hybridized carbons (Fsp3) is 0.400. The number of halogens is 1. The van der Waals surface area contributed by atoms with E-state index in [0.29, 0.717) is 19.2 Å². The number of fused-ring (bicyclic) bond motifs is 6. The van der Waals surface area contributed by atoms with Crippen LogP contribution in [0.1, 0.15) is 25.7 Å². The first-order valence-electron chi connectivity index (χ1n) is 9.32. The number of anilines is 3. The van der Waals surface area contributed by atoms with E-state index >= 15 is 0 Å². The highest BCUT2D eigenvalue weighted by molar-refractivity contribution is 5.57. The number of rotatable bonds is 0. The molecule has 142 valence electrons. The van der Waals surface area contributed by atoms with Crippen molar-refractivity contribution in [3.8, 4) is 5.75 Å². The normalized spacial score (nSPS) is 22.7. The Morgan fingerprint density at radius 1 is 1.15 bits per heavy atom. The molecule has 0 saturated heterocycles. The van der Waals surface area contributed by atoms with Gasteiger partial charge in [-0.15, -0.1) is 0 Å². The third kappa shape index (κ3) is 4.74. The van der Waals surface area contributed by atoms with Gasteiger partial charge in [-0.2, -0.15) is 4.98 Å². The van der Waals surface area contributed by atoms with Gasteiger partial charge in [0, 0.05) is 17.8 Å². The third-order valence-corrected chi connectivity index (χ3v) is 4.74. The summed E-state index contributed by atoms with van der Waals surface area (Å²) in [4.78, 5) is 8.36. The maximum absolute atomic E-state index is 14.2. The Balaban J connectivity index is 1.60. The fourth-order valence-electron chi connectivity index (χ4n) is 3.41.